The van der Waals surface area contributed by atoms with Gasteiger partial charge in [-0.2, -0.15) is 18.3 Å². The maximum atomic E-state index is 12.8. The maximum absolute atomic E-state index is 12.8. The number of amides is 1. The summed E-state index contributed by atoms with van der Waals surface area (Å²) in [5.41, 5.74) is -2.04. The molecule has 3 heterocycles. The number of carbonyl (C=O) groups excluding carboxylic acids is 2. The maximum Gasteiger partial charge on any atom is 1.00 e. The van der Waals surface area contributed by atoms with Crippen LogP contribution in [-0.2, 0) is 11.0 Å². The Labute approximate surface area is 161 Å². The van der Waals surface area contributed by atoms with Crippen LogP contribution >= 0.6 is 0 Å². The molecule has 134 valence electrons. The van der Waals surface area contributed by atoms with Crippen LogP contribution in [0, 0.1) is 0 Å². The molecule has 0 radical (unpaired) electrons. The Morgan fingerprint density at radius 3 is 2.56 bits per heavy atom. The molecule has 1 amide bonds. The molecule has 8 nitrogen and oxygen atoms in total. The van der Waals surface area contributed by atoms with Gasteiger partial charge in [-0.25, -0.2) is 9.50 Å². The van der Waals surface area contributed by atoms with Crippen molar-refractivity contribution in [2.45, 2.75) is 13.1 Å². The third-order valence-corrected chi connectivity index (χ3v) is 3.30. The van der Waals surface area contributed by atoms with Gasteiger partial charge in [0, 0.05) is 24.2 Å². The monoisotopic (exact) mass is 371 g/mol. The average Bonchev–Trinajstić information content (AvgIpc) is 2.93. The van der Waals surface area contributed by atoms with Gasteiger partial charge in [-0.05, 0) is 18.2 Å². The number of rotatable bonds is 3. The van der Waals surface area contributed by atoms with Crippen LogP contribution in [0.15, 0.2) is 30.6 Å². The molecular weight excluding hydrogens is 362 g/mol. The summed E-state index contributed by atoms with van der Waals surface area (Å²) in [6.45, 7) is 1.30. The first-order valence-electron chi connectivity index (χ1n) is 7.08. The van der Waals surface area contributed by atoms with E-state index >= 15 is 0 Å². The van der Waals surface area contributed by atoms with Crippen molar-refractivity contribution in [3.8, 4) is 11.3 Å². The number of aromatic nitrogens is 4. The third kappa shape index (κ3) is 4.26. The first-order chi connectivity index (χ1) is 12.1. The number of carboxylic acids is 1. The third-order valence-electron chi connectivity index (χ3n) is 3.30. The molecule has 0 aliphatic carbocycles. The zero-order chi connectivity index (χ0) is 19.1. The van der Waals surface area contributed by atoms with Gasteiger partial charge in [0.05, 0.1) is 17.9 Å². The molecule has 3 rings (SSSR count). The Balaban J connectivity index is 0.00000261. The zero-order valence-electron chi connectivity index (χ0n) is 14.0. The van der Waals surface area contributed by atoms with Crippen molar-refractivity contribution < 1.29 is 46.7 Å². The van der Waals surface area contributed by atoms with Crippen LogP contribution in [0.2, 0.25) is 0 Å². The van der Waals surface area contributed by atoms with Gasteiger partial charge in [-0.1, -0.05) is 0 Å². The van der Waals surface area contributed by atoms with Crippen molar-refractivity contribution in [2.24, 2.45) is 0 Å². The number of carbonyl (C=O) groups is 2. The summed E-state index contributed by atoms with van der Waals surface area (Å²) >= 11 is 0. The number of aromatic carboxylic acids is 1. The number of anilines is 1. The van der Waals surface area contributed by atoms with Crippen LogP contribution in [0.3, 0.4) is 0 Å². The normalized spacial score (nSPS) is 11.1. The summed E-state index contributed by atoms with van der Waals surface area (Å²) < 4.78 is 39.8. The number of nitrogens with zero attached hydrogens (tertiary/aromatic N) is 4. The molecule has 0 fully saturated rings. The topological polar surface area (TPSA) is 112 Å². The largest absolute Gasteiger partial charge is 1.00 e. The van der Waals surface area contributed by atoms with Gasteiger partial charge >= 0.3 is 25.0 Å². The van der Waals surface area contributed by atoms with Gasteiger partial charge in [0.1, 0.15) is 0 Å². The second-order valence-corrected chi connectivity index (χ2v) is 5.23. The number of fused-ring (bicyclic) bond motifs is 1. The van der Waals surface area contributed by atoms with Crippen molar-refractivity contribution in [3.05, 3.63) is 41.9 Å². The average molecular weight is 371 g/mol. The molecule has 3 aromatic rings. The first-order valence-corrected chi connectivity index (χ1v) is 7.08. The fourth-order valence-electron chi connectivity index (χ4n) is 2.26. The van der Waals surface area contributed by atoms with Crippen LogP contribution in [0.4, 0.5) is 19.0 Å². The van der Waals surface area contributed by atoms with E-state index in [1.54, 1.807) is 0 Å². The molecular formula is C15H9F3LiN5O3. The molecule has 1 N–H and O–H groups in total. The molecule has 0 spiro atoms. The number of pyridine rings is 1. The SMILES string of the molecule is CC(=O)Nc1cn2nc(-c3cnc(C(F)(F)F)c(C(=O)[O-])c3)ccc2n1.[Li+]. The number of hydrogen-bond acceptors (Lipinski definition) is 6. The molecule has 0 saturated heterocycles. The molecule has 0 atom stereocenters. The minimum atomic E-state index is -4.93. The van der Waals surface area contributed by atoms with Crippen molar-refractivity contribution in [3.63, 3.8) is 0 Å². The summed E-state index contributed by atoms with van der Waals surface area (Å²) in [4.78, 5) is 29.4. The Morgan fingerprint density at radius 2 is 1.96 bits per heavy atom. The quantitative estimate of drug-likeness (QED) is 0.540. The second kappa shape index (κ2) is 7.38. The summed E-state index contributed by atoms with van der Waals surface area (Å²) in [6.07, 6.45) is -2.66. The van der Waals surface area contributed by atoms with Crippen LogP contribution in [-0.4, -0.2) is 31.5 Å². The summed E-state index contributed by atoms with van der Waals surface area (Å²) in [5, 5.41) is 17.6. The number of imidazole rings is 1. The zero-order valence-corrected chi connectivity index (χ0v) is 14.0. The fourth-order valence-corrected chi connectivity index (χ4v) is 2.26. The standard InChI is InChI=1S/C15H10F3N5O3.Li/c1-7(24)20-11-6-23-12(21-11)3-2-10(22-23)8-4-9(14(25)26)13(19-5-8)15(16,17)18;/h2-6H,1H3,(H,20,24)(H,25,26);/q;+1/p-1. The first kappa shape index (κ1) is 20.4. The van der Waals surface area contributed by atoms with Crippen molar-refractivity contribution in [2.75, 3.05) is 5.32 Å². The Morgan fingerprint density at radius 1 is 1.26 bits per heavy atom. The molecule has 12 heteroatoms. The van der Waals surface area contributed by atoms with Gasteiger partial charge in [-0.3, -0.25) is 9.78 Å². The van der Waals surface area contributed by atoms with Gasteiger partial charge in [0.25, 0.3) is 0 Å². The van der Waals surface area contributed by atoms with Gasteiger partial charge < -0.3 is 15.2 Å². The van der Waals surface area contributed by atoms with Crippen molar-refractivity contribution >= 4 is 23.3 Å². The van der Waals surface area contributed by atoms with Gasteiger partial charge in [0.15, 0.2) is 17.2 Å². The number of hydrogen-bond donors (Lipinski definition) is 1. The van der Waals surface area contributed by atoms with Crippen molar-refractivity contribution in [1.29, 1.82) is 0 Å². The molecule has 27 heavy (non-hydrogen) atoms. The van der Waals surface area contributed by atoms with E-state index in [0.29, 0.717) is 5.65 Å². The van der Waals surface area contributed by atoms with Crippen LogP contribution in [0.25, 0.3) is 16.9 Å². The van der Waals surface area contributed by atoms with E-state index in [1.807, 2.05) is 0 Å². The number of carboxylic acid groups (broad SMARTS) is 1. The van der Waals surface area contributed by atoms with E-state index < -0.39 is 23.4 Å². The van der Waals surface area contributed by atoms with E-state index in [4.69, 9.17) is 0 Å². The molecule has 0 aliphatic heterocycles. The van der Waals surface area contributed by atoms with E-state index in [0.717, 1.165) is 12.3 Å². The van der Waals surface area contributed by atoms with Crippen LogP contribution < -0.4 is 29.3 Å². The Kier molecular flexibility index (Phi) is 5.58. The summed E-state index contributed by atoms with van der Waals surface area (Å²) in [5.74, 6) is -2.09. The molecule has 0 saturated carbocycles. The van der Waals surface area contributed by atoms with E-state index in [2.05, 4.69) is 20.4 Å². The van der Waals surface area contributed by atoms with E-state index in [9.17, 15) is 27.9 Å². The smallest absolute Gasteiger partial charge is 0.545 e. The van der Waals surface area contributed by atoms with Crippen molar-refractivity contribution in [1.82, 2.24) is 19.6 Å². The number of alkyl halides is 3. The molecule has 0 unspecified atom stereocenters. The molecule has 0 aromatic carbocycles. The van der Waals surface area contributed by atoms with E-state index in [-0.39, 0.29) is 41.8 Å². The minimum absolute atomic E-state index is 0. The van der Waals surface area contributed by atoms with Gasteiger partial charge in [-0.15, -0.1) is 0 Å². The predicted octanol–water partition coefficient (Wildman–Crippen LogP) is -1.86. The second-order valence-electron chi connectivity index (χ2n) is 5.23. The predicted molar refractivity (Wildman–Crippen MR) is 79.9 cm³/mol. The van der Waals surface area contributed by atoms with Crippen LogP contribution in [0.1, 0.15) is 23.0 Å². The summed E-state index contributed by atoms with van der Waals surface area (Å²) in [7, 11) is 0. The minimum Gasteiger partial charge on any atom is -0.545 e. The number of nitrogens with one attached hydrogen (secondary N) is 1. The summed E-state index contributed by atoms with van der Waals surface area (Å²) in [6, 6.07) is 3.73. The molecule has 0 bridgehead atoms. The molecule has 3 aromatic heterocycles. The van der Waals surface area contributed by atoms with E-state index in [1.165, 1.54) is 29.8 Å². The Hall–Kier alpha value is -2.90. The fraction of sp³-hybridized carbons (Fsp3) is 0.133. The molecule has 0 aliphatic rings. The number of halogens is 3. The Bertz CT molecular complexity index is 1040. The van der Waals surface area contributed by atoms with Crippen LogP contribution in [0.5, 0.6) is 0 Å². The van der Waals surface area contributed by atoms with Gasteiger partial charge in [0.2, 0.25) is 5.91 Å².